The van der Waals surface area contributed by atoms with Crippen LogP contribution in [0.1, 0.15) is 40.7 Å². The van der Waals surface area contributed by atoms with Crippen LogP contribution in [0.3, 0.4) is 0 Å². The number of aliphatic hydroxyl groups is 2. The van der Waals surface area contributed by atoms with Crippen LogP contribution in [0, 0.1) is 0 Å². The molecule has 190 valence electrons. The van der Waals surface area contributed by atoms with Crippen LogP contribution in [0.4, 0.5) is 18.0 Å². The summed E-state index contributed by atoms with van der Waals surface area (Å²) in [6.07, 6.45) is -8.17. The van der Waals surface area contributed by atoms with Crippen LogP contribution in [0.5, 0.6) is 5.75 Å². The van der Waals surface area contributed by atoms with Crippen LogP contribution in [-0.4, -0.2) is 42.7 Å². The first kappa shape index (κ1) is 25.5. The van der Waals surface area contributed by atoms with Crippen LogP contribution in [-0.2, 0) is 10.9 Å². The van der Waals surface area contributed by atoms with Gasteiger partial charge in [0.15, 0.2) is 0 Å². The number of fused-ring (bicyclic) bond motifs is 3. The number of carbonyl (C=O) groups excluding carboxylic acids is 1. The second-order valence-corrected chi connectivity index (χ2v) is 8.51. The zero-order chi connectivity index (χ0) is 25.9. The van der Waals surface area contributed by atoms with Gasteiger partial charge in [-0.2, -0.15) is 13.2 Å². The summed E-state index contributed by atoms with van der Waals surface area (Å²) < 4.78 is 49.2. The first-order valence-electron chi connectivity index (χ1n) is 11.4. The zero-order valence-electron chi connectivity index (χ0n) is 19.5. The van der Waals surface area contributed by atoms with E-state index in [4.69, 9.17) is 9.47 Å². The summed E-state index contributed by atoms with van der Waals surface area (Å²) in [7, 11) is 1.18. The van der Waals surface area contributed by atoms with Crippen LogP contribution in [0.25, 0.3) is 11.1 Å². The normalized spacial score (nSPS) is 14.5. The number of hydrogen-bond donors (Lipinski definition) is 3. The van der Waals surface area contributed by atoms with Crippen molar-refractivity contribution in [2.45, 2.75) is 30.7 Å². The number of ether oxygens (including phenoxy) is 2. The van der Waals surface area contributed by atoms with Gasteiger partial charge in [0.1, 0.15) is 18.5 Å². The van der Waals surface area contributed by atoms with Crippen LogP contribution in [0.2, 0.25) is 0 Å². The molecule has 0 saturated carbocycles. The smallest absolute Gasteiger partial charge is 0.416 e. The van der Waals surface area contributed by atoms with Gasteiger partial charge in [0.2, 0.25) is 0 Å². The highest BCUT2D eigenvalue weighted by Crippen LogP contribution is 2.44. The van der Waals surface area contributed by atoms with Crippen molar-refractivity contribution < 1.29 is 37.7 Å². The standard InChI is InChI=1S/C27H26F3NO5/c1-35-24-14-16(27(28,29)30)10-11-21(24)25(33)23(32)12-13-31-26(34)36-15-22-19-8-4-2-6-17(19)18-7-3-5-9-20(18)22/h2-11,14,22-23,25,32-33H,12-13,15H2,1H3,(H,31,34). The van der Waals surface area contributed by atoms with Gasteiger partial charge in [0.25, 0.3) is 0 Å². The Balaban J connectivity index is 1.30. The van der Waals surface area contributed by atoms with E-state index in [1.165, 1.54) is 7.11 Å². The molecular weight excluding hydrogens is 475 g/mol. The average Bonchev–Trinajstić information content (AvgIpc) is 3.19. The molecule has 0 spiro atoms. The van der Waals surface area contributed by atoms with E-state index in [2.05, 4.69) is 5.32 Å². The first-order chi connectivity index (χ1) is 17.2. The summed E-state index contributed by atoms with van der Waals surface area (Å²) >= 11 is 0. The SMILES string of the molecule is COc1cc(C(F)(F)F)ccc1C(O)C(O)CCNC(=O)OCC1c2ccccc2-c2ccccc21. The molecule has 2 atom stereocenters. The largest absolute Gasteiger partial charge is 0.496 e. The predicted molar refractivity (Wildman–Crippen MR) is 127 cm³/mol. The fraction of sp³-hybridized carbons (Fsp3) is 0.296. The van der Waals surface area contributed by atoms with Crippen molar-refractivity contribution in [3.8, 4) is 16.9 Å². The van der Waals surface area contributed by atoms with Gasteiger partial charge in [0.05, 0.1) is 18.8 Å². The number of alkyl halides is 3. The third-order valence-electron chi connectivity index (χ3n) is 6.30. The third-order valence-corrected chi connectivity index (χ3v) is 6.30. The molecule has 2 unspecified atom stereocenters. The average molecular weight is 502 g/mol. The number of halogens is 3. The van der Waals surface area contributed by atoms with Crippen molar-refractivity contribution in [1.29, 1.82) is 0 Å². The molecule has 0 aliphatic heterocycles. The minimum atomic E-state index is -4.57. The molecule has 3 aromatic carbocycles. The molecule has 0 saturated heterocycles. The molecule has 4 rings (SSSR count). The molecule has 0 bridgehead atoms. The zero-order valence-corrected chi connectivity index (χ0v) is 19.5. The van der Waals surface area contributed by atoms with Crippen molar-refractivity contribution in [1.82, 2.24) is 5.32 Å². The number of methoxy groups -OCH3 is 1. The van der Waals surface area contributed by atoms with E-state index in [0.717, 1.165) is 40.5 Å². The second-order valence-electron chi connectivity index (χ2n) is 8.51. The molecule has 6 nitrogen and oxygen atoms in total. The Labute approximate surface area is 206 Å². The number of hydrogen-bond acceptors (Lipinski definition) is 5. The molecule has 9 heteroatoms. The van der Waals surface area contributed by atoms with Crippen molar-refractivity contribution >= 4 is 6.09 Å². The minimum Gasteiger partial charge on any atom is -0.496 e. The Morgan fingerprint density at radius 3 is 2.19 bits per heavy atom. The van der Waals surface area contributed by atoms with E-state index in [1.54, 1.807) is 0 Å². The van der Waals surface area contributed by atoms with Gasteiger partial charge in [-0.1, -0.05) is 54.6 Å². The lowest BCUT2D eigenvalue weighted by molar-refractivity contribution is -0.137. The Hall–Kier alpha value is -3.56. The summed E-state index contributed by atoms with van der Waals surface area (Å²) in [6.45, 7) is 0.117. The van der Waals surface area contributed by atoms with Crippen molar-refractivity contribution in [2.24, 2.45) is 0 Å². The summed E-state index contributed by atoms with van der Waals surface area (Å²) in [5.74, 6) is -0.288. The van der Waals surface area contributed by atoms with E-state index in [-0.39, 0.29) is 36.8 Å². The number of nitrogens with one attached hydrogen (secondary N) is 1. The van der Waals surface area contributed by atoms with Crippen LogP contribution < -0.4 is 10.1 Å². The first-order valence-corrected chi connectivity index (χ1v) is 11.4. The molecule has 0 aromatic heterocycles. The van der Waals surface area contributed by atoms with E-state index in [9.17, 15) is 28.2 Å². The topological polar surface area (TPSA) is 88.0 Å². The molecule has 0 heterocycles. The van der Waals surface area contributed by atoms with Crippen molar-refractivity contribution in [3.63, 3.8) is 0 Å². The van der Waals surface area contributed by atoms with Crippen LogP contribution in [0.15, 0.2) is 66.7 Å². The number of amides is 1. The lowest BCUT2D eigenvalue weighted by Gasteiger charge is -2.21. The van der Waals surface area contributed by atoms with Crippen molar-refractivity contribution in [2.75, 3.05) is 20.3 Å². The molecule has 36 heavy (non-hydrogen) atoms. The van der Waals surface area contributed by atoms with E-state index in [1.807, 2.05) is 48.5 Å². The monoisotopic (exact) mass is 501 g/mol. The molecule has 1 amide bonds. The highest BCUT2D eigenvalue weighted by molar-refractivity contribution is 5.79. The summed E-state index contributed by atoms with van der Waals surface area (Å²) in [5, 5.41) is 23.3. The molecule has 3 aromatic rings. The van der Waals surface area contributed by atoms with Gasteiger partial charge in [-0.05, 0) is 40.8 Å². The Kier molecular flexibility index (Phi) is 7.51. The fourth-order valence-electron chi connectivity index (χ4n) is 4.47. The van der Waals surface area contributed by atoms with Crippen molar-refractivity contribution in [3.05, 3.63) is 89.0 Å². The Bertz CT molecular complexity index is 1180. The van der Waals surface area contributed by atoms with Gasteiger partial charge in [-0.25, -0.2) is 4.79 Å². The maximum atomic E-state index is 12.9. The minimum absolute atomic E-state index is 0.0131. The highest BCUT2D eigenvalue weighted by atomic mass is 19.4. The lowest BCUT2D eigenvalue weighted by Crippen LogP contribution is -2.30. The quantitative estimate of drug-likeness (QED) is 0.403. The molecule has 1 aliphatic carbocycles. The van der Waals surface area contributed by atoms with E-state index < -0.39 is 30.0 Å². The number of alkyl carbamates (subject to hydrolysis) is 1. The van der Waals surface area contributed by atoms with E-state index in [0.29, 0.717) is 0 Å². The van der Waals surface area contributed by atoms with E-state index >= 15 is 0 Å². The van der Waals surface area contributed by atoms with Gasteiger partial charge in [-0.15, -0.1) is 0 Å². The number of benzene rings is 3. The molecule has 0 fully saturated rings. The lowest BCUT2D eigenvalue weighted by atomic mass is 9.98. The van der Waals surface area contributed by atoms with Gasteiger partial charge in [-0.3, -0.25) is 0 Å². The summed E-state index contributed by atoms with van der Waals surface area (Å²) in [4.78, 5) is 12.3. The molecule has 1 aliphatic rings. The Morgan fingerprint density at radius 2 is 1.61 bits per heavy atom. The maximum absolute atomic E-state index is 12.9. The fourth-order valence-corrected chi connectivity index (χ4v) is 4.47. The predicted octanol–water partition coefficient (Wildman–Crippen LogP) is 5.04. The van der Waals surface area contributed by atoms with Gasteiger partial charge >= 0.3 is 12.3 Å². The highest BCUT2D eigenvalue weighted by Gasteiger charge is 2.33. The number of aliphatic hydroxyl groups excluding tert-OH is 2. The summed E-state index contributed by atoms with van der Waals surface area (Å²) in [5.41, 5.74) is 3.46. The van der Waals surface area contributed by atoms with Gasteiger partial charge in [0, 0.05) is 18.0 Å². The molecule has 0 radical (unpaired) electrons. The second kappa shape index (κ2) is 10.6. The van der Waals surface area contributed by atoms with Crippen LogP contribution >= 0.6 is 0 Å². The molecule has 3 N–H and O–H groups in total. The van der Waals surface area contributed by atoms with Gasteiger partial charge < -0.3 is 25.0 Å². The number of rotatable bonds is 8. The third kappa shape index (κ3) is 5.32. The molecular formula is C27H26F3NO5. The summed E-state index contributed by atoms with van der Waals surface area (Å²) in [6, 6.07) is 18.5. The maximum Gasteiger partial charge on any atom is 0.416 e. The Morgan fingerprint density at radius 1 is 1.00 bits per heavy atom. The number of carbonyl (C=O) groups is 1.